The van der Waals surface area contributed by atoms with Crippen LogP contribution in [0.4, 0.5) is 8.78 Å². The van der Waals surface area contributed by atoms with Crippen LogP contribution in [0.3, 0.4) is 0 Å². The minimum atomic E-state index is -0.874. The van der Waals surface area contributed by atoms with Gasteiger partial charge in [0, 0.05) is 6.42 Å². The summed E-state index contributed by atoms with van der Waals surface area (Å²) in [6, 6.07) is 12.1. The van der Waals surface area contributed by atoms with Gasteiger partial charge >= 0.3 is 0 Å². The van der Waals surface area contributed by atoms with Crippen molar-refractivity contribution in [1.82, 2.24) is 0 Å². The predicted octanol–water partition coefficient (Wildman–Crippen LogP) is 4.23. The maximum absolute atomic E-state index is 13.6. The fourth-order valence-corrected chi connectivity index (χ4v) is 2.34. The van der Waals surface area contributed by atoms with Gasteiger partial charge in [-0.3, -0.25) is 0 Å². The lowest BCUT2D eigenvalue weighted by atomic mass is 9.97. The van der Waals surface area contributed by atoms with Crippen molar-refractivity contribution in [3.8, 4) is 0 Å². The Hall–Kier alpha value is -1.74. The van der Waals surface area contributed by atoms with E-state index in [1.165, 1.54) is 17.7 Å². The number of rotatable bonds is 5. The van der Waals surface area contributed by atoms with Crippen LogP contribution >= 0.6 is 0 Å². The fraction of sp³-hybridized carbons (Fsp3) is 0.333. The molecule has 1 atom stereocenters. The predicted molar refractivity (Wildman–Crippen MR) is 80.3 cm³/mol. The Bertz CT molecular complexity index is 591. The van der Waals surface area contributed by atoms with Gasteiger partial charge in [-0.1, -0.05) is 50.2 Å². The second-order valence-electron chi connectivity index (χ2n) is 5.67. The third kappa shape index (κ3) is 4.11. The standard InChI is InChI=1S/C18H20F2O/c1-12(2)14-8-6-13(7-9-14)10-16(21)11-15-4-3-5-17(19)18(15)20/h3-9,12,16,21H,10-11H2,1-2H3. The molecule has 0 saturated carbocycles. The molecule has 0 aliphatic rings. The van der Waals surface area contributed by atoms with E-state index in [1.807, 2.05) is 24.3 Å². The lowest BCUT2D eigenvalue weighted by molar-refractivity contribution is 0.174. The summed E-state index contributed by atoms with van der Waals surface area (Å²) in [5, 5.41) is 10.1. The highest BCUT2D eigenvalue weighted by Gasteiger charge is 2.13. The summed E-state index contributed by atoms with van der Waals surface area (Å²) in [6.07, 6.45) is -0.199. The second-order valence-corrected chi connectivity index (χ2v) is 5.67. The number of halogens is 2. The van der Waals surface area contributed by atoms with Crippen LogP contribution in [-0.4, -0.2) is 11.2 Å². The van der Waals surface area contributed by atoms with Crippen molar-refractivity contribution in [2.75, 3.05) is 0 Å². The first-order chi connectivity index (χ1) is 9.97. The van der Waals surface area contributed by atoms with Crippen molar-refractivity contribution in [3.05, 3.63) is 70.8 Å². The first kappa shape index (κ1) is 15.6. The largest absolute Gasteiger partial charge is 0.392 e. The molecule has 0 aliphatic heterocycles. The third-order valence-corrected chi connectivity index (χ3v) is 3.60. The van der Waals surface area contributed by atoms with Gasteiger partial charge in [-0.15, -0.1) is 0 Å². The van der Waals surface area contributed by atoms with Gasteiger partial charge in [0.25, 0.3) is 0 Å². The molecule has 1 N–H and O–H groups in total. The molecule has 0 fully saturated rings. The molecule has 2 rings (SSSR count). The summed E-state index contributed by atoms with van der Waals surface area (Å²) < 4.78 is 26.7. The van der Waals surface area contributed by atoms with Crippen LogP contribution in [0.25, 0.3) is 0 Å². The molecule has 1 nitrogen and oxygen atoms in total. The Morgan fingerprint density at radius 2 is 1.62 bits per heavy atom. The number of hydrogen-bond acceptors (Lipinski definition) is 1. The monoisotopic (exact) mass is 290 g/mol. The van der Waals surface area contributed by atoms with Crippen molar-refractivity contribution in [1.29, 1.82) is 0 Å². The van der Waals surface area contributed by atoms with Crippen LogP contribution in [0.1, 0.15) is 36.5 Å². The van der Waals surface area contributed by atoms with Crippen LogP contribution in [-0.2, 0) is 12.8 Å². The Morgan fingerprint density at radius 1 is 0.952 bits per heavy atom. The highest BCUT2D eigenvalue weighted by molar-refractivity contribution is 5.26. The molecule has 21 heavy (non-hydrogen) atoms. The van der Waals surface area contributed by atoms with Crippen LogP contribution in [0.15, 0.2) is 42.5 Å². The molecule has 0 bridgehead atoms. The summed E-state index contributed by atoms with van der Waals surface area (Å²) in [4.78, 5) is 0. The Balaban J connectivity index is 2.01. The highest BCUT2D eigenvalue weighted by Crippen LogP contribution is 2.18. The van der Waals surface area contributed by atoms with Gasteiger partial charge in [0.2, 0.25) is 0 Å². The van der Waals surface area contributed by atoms with Gasteiger partial charge in [-0.2, -0.15) is 0 Å². The zero-order valence-corrected chi connectivity index (χ0v) is 12.3. The molecular weight excluding hydrogens is 270 g/mol. The van der Waals surface area contributed by atoms with Gasteiger partial charge in [0.05, 0.1) is 6.10 Å². The zero-order chi connectivity index (χ0) is 15.4. The van der Waals surface area contributed by atoms with Gasteiger partial charge in [0.15, 0.2) is 11.6 Å². The minimum Gasteiger partial charge on any atom is -0.392 e. The van der Waals surface area contributed by atoms with E-state index in [2.05, 4.69) is 13.8 Å². The van der Waals surface area contributed by atoms with E-state index in [9.17, 15) is 13.9 Å². The van der Waals surface area contributed by atoms with E-state index in [4.69, 9.17) is 0 Å². The van der Waals surface area contributed by atoms with E-state index in [-0.39, 0.29) is 12.0 Å². The van der Waals surface area contributed by atoms with E-state index in [0.717, 1.165) is 11.6 Å². The molecule has 0 heterocycles. The lowest BCUT2D eigenvalue weighted by Crippen LogP contribution is -2.15. The molecule has 0 aromatic heterocycles. The Kier molecular flexibility index (Phi) is 5.07. The maximum Gasteiger partial charge on any atom is 0.162 e. The van der Waals surface area contributed by atoms with Gasteiger partial charge in [-0.25, -0.2) is 8.78 Å². The zero-order valence-electron chi connectivity index (χ0n) is 12.3. The molecule has 3 heteroatoms. The number of aliphatic hydroxyl groups is 1. The summed E-state index contributed by atoms with van der Waals surface area (Å²) in [6.45, 7) is 4.24. The Labute approximate surface area is 124 Å². The smallest absolute Gasteiger partial charge is 0.162 e. The summed E-state index contributed by atoms with van der Waals surface area (Å²) in [7, 11) is 0. The topological polar surface area (TPSA) is 20.2 Å². The molecule has 2 aromatic rings. The van der Waals surface area contributed by atoms with Crippen LogP contribution < -0.4 is 0 Å². The Morgan fingerprint density at radius 3 is 2.24 bits per heavy atom. The second kappa shape index (κ2) is 6.81. The molecule has 0 spiro atoms. The summed E-state index contributed by atoms with van der Waals surface area (Å²) >= 11 is 0. The maximum atomic E-state index is 13.6. The summed E-state index contributed by atoms with van der Waals surface area (Å²) in [5.41, 5.74) is 2.44. The molecule has 112 valence electrons. The lowest BCUT2D eigenvalue weighted by Gasteiger charge is -2.13. The molecule has 2 aromatic carbocycles. The van der Waals surface area contributed by atoms with E-state index in [1.54, 1.807) is 0 Å². The molecular formula is C18H20F2O. The molecule has 1 unspecified atom stereocenters. The highest BCUT2D eigenvalue weighted by atomic mass is 19.2. The first-order valence-corrected chi connectivity index (χ1v) is 7.17. The first-order valence-electron chi connectivity index (χ1n) is 7.17. The van der Waals surface area contributed by atoms with E-state index >= 15 is 0 Å². The number of benzene rings is 2. The quantitative estimate of drug-likeness (QED) is 0.873. The average Bonchev–Trinajstić information content (AvgIpc) is 2.44. The average molecular weight is 290 g/mol. The van der Waals surface area contributed by atoms with Crippen molar-refractivity contribution in [2.45, 2.75) is 38.7 Å². The van der Waals surface area contributed by atoms with Crippen molar-refractivity contribution < 1.29 is 13.9 Å². The van der Waals surface area contributed by atoms with Crippen molar-refractivity contribution in [3.63, 3.8) is 0 Å². The van der Waals surface area contributed by atoms with E-state index < -0.39 is 17.7 Å². The molecule has 0 saturated heterocycles. The normalized spacial score (nSPS) is 12.7. The number of aliphatic hydroxyl groups excluding tert-OH is 1. The van der Waals surface area contributed by atoms with Crippen LogP contribution in [0.2, 0.25) is 0 Å². The van der Waals surface area contributed by atoms with Gasteiger partial charge in [-0.05, 0) is 35.1 Å². The molecule has 0 radical (unpaired) electrons. The van der Waals surface area contributed by atoms with Crippen molar-refractivity contribution in [2.24, 2.45) is 0 Å². The van der Waals surface area contributed by atoms with Gasteiger partial charge < -0.3 is 5.11 Å². The summed E-state index contributed by atoms with van der Waals surface area (Å²) in [5.74, 6) is -1.28. The van der Waals surface area contributed by atoms with Crippen LogP contribution in [0.5, 0.6) is 0 Å². The molecule has 0 amide bonds. The fourth-order valence-electron chi connectivity index (χ4n) is 2.34. The minimum absolute atomic E-state index is 0.107. The van der Waals surface area contributed by atoms with Crippen molar-refractivity contribution >= 4 is 0 Å². The number of hydrogen-bond donors (Lipinski definition) is 1. The molecule has 0 aliphatic carbocycles. The van der Waals surface area contributed by atoms with Gasteiger partial charge in [0.1, 0.15) is 0 Å². The SMILES string of the molecule is CC(C)c1ccc(CC(O)Cc2cccc(F)c2F)cc1. The third-order valence-electron chi connectivity index (χ3n) is 3.60. The van der Waals surface area contributed by atoms with E-state index in [0.29, 0.717) is 12.3 Å². The van der Waals surface area contributed by atoms with Crippen LogP contribution in [0, 0.1) is 11.6 Å².